The van der Waals surface area contributed by atoms with E-state index in [1.54, 1.807) is 0 Å². The third kappa shape index (κ3) is 6.56. The molecule has 0 aliphatic heterocycles. The monoisotopic (exact) mass is 532 g/mol. The third-order valence-corrected chi connectivity index (χ3v) is 6.13. The molecule has 2 aromatic heterocycles. The summed E-state index contributed by atoms with van der Waals surface area (Å²) in [7, 11) is 0. The molecule has 3 aromatic rings. The van der Waals surface area contributed by atoms with Crippen LogP contribution in [0, 0.1) is 11.7 Å². The number of nitrogens with one attached hydrogen (secondary N) is 1. The molecule has 1 saturated carbocycles. The first-order valence-electron chi connectivity index (χ1n) is 12.2. The van der Waals surface area contributed by atoms with Gasteiger partial charge in [0.1, 0.15) is 11.3 Å². The summed E-state index contributed by atoms with van der Waals surface area (Å²) >= 11 is 0. The number of esters is 1. The van der Waals surface area contributed by atoms with Crippen molar-refractivity contribution in [2.45, 2.75) is 64.3 Å². The smallest absolute Gasteiger partial charge is 0.417 e. The van der Waals surface area contributed by atoms with E-state index in [1.165, 1.54) is 24.3 Å². The molecule has 0 unspecified atom stereocenters. The number of rotatable bonds is 5. The molecule has 7 nitrogen and oxygen atoms in total. The minimum absolute atomic E-state index is 0.0797. The van der Waals surface area contributed by atoms with Gasteiger partial charge in [-0.2, -0.15) is 13.2 Å². The lowest BCUT2D eigenvalue weighted by atomic mass is 9.85. The van der Waals surface area contributed by atoms with Gasteiger partial charge in [-0.3, -0.25) is 14.2 Å². The van der Waals surface area contributed by atoms with Crippen LogP contribution in [0.5, 0.6) is 0 Å². The van der Waals surface area contributed by atoms with Crippen molar-refractivity contribution in [2.24, 2.45) is 5.92 Å². The van der Waals surface area contributed by atoms with Crippen LogP contribution in [0.4, 0.5) is 23.5 Å². The van der Waals surface area contributed by atoms with Crippen LogP contribution in [0.1, 0.15) is 52.0 Å². The average Bonchev–Trinajstić information content (AvgIpc) is 2.84. The summed E-state index contributed by atoms with van der Waals surface area (Å²) in [5.41, 5.74) is -1.94. The van der Waals surface area contributed by atoms with Crippen LogP contribution >= 0.6 is 0 Å². The van der Waals surface area contributed by atoms with Crippen molar-refractivity contribution >= 4 is 11.9 Å². The molecule has 1 aliphatic carbocycles. The second kappa shape index (κ2) is 10.5. The van der Waals surface area contributed by atoms with E-state index in [2.05, 4.69) is 15.3 Å². The van der Waals surface area contributed by atoms with Crippen molar-refractivity contribution in [3.63, 3.8) is 0 Å². The Labute approximate surface area is 216 Å². The minimum atomic E-state index is -4.63. The second-order valence-corrected chi connectivity index (χ2v) is 10.3. The second-order valence-electron chi connectivity index (χ2n) is 10.3. The number of hydrogen-bond donors (Lipinski definition) is 1. The molecule has 0 bridgehead atoms. The van der Waals surface area contributed by atoms with Crippen molar-refractivity contribution in [1.82, 2.24) is 14.5 Å². The Hall–Kier alpha value is -3.76. The fraction of sp³-hybridized carbons (Fsp3) is 0.407. The predicted molar refractivity (Wildman–Crippen MR) is 133 cm³/mol. The Morgan fingerprint density at radius 2 is 1.89 bits per heavy atom. The van der Waals surface area contributed by atoms with Gasteiger partial charge < -0.3 is 10.1 Å². The zero-order valence-corrected chi connectivity index (χ0v) is 21.2. The Kier molecular flexibility index (Phi) is 7.57. The van der Waals surface area contributed by atoms with Crippen molar-refractivity contribution in [1.29, 1.82) is 0 Å². The molecule has 0 saturated heterocycles. The number of aromatic nitrogens is 3. The number of alkyl halides is 3. The number of pyridine rings is 1. The van der Waals surface area contributed by atoms with E-state index < -0.39 is 28.7 Å². The SMILES string of the molecule is CC(C)(C)OC(=O)[C@@H]1CCC[C@H](Nc2ncc(F)c(-c3cccc(-n4cc(C(F)(F)F)ccc4=O)c3)n2)C1. The van der Waals surface area contributed by atoms with E-state index in [4.69, 9.17) is 4.74 Å². The van der Waals surface area contributed by atoms with Crippen LogP contribution < -0.4 is 10.9 Å². The maximum absolute atomic E-state index is 14.8. The average molecular weight is 533 g/mol. The van der Waals surface area contributed by atoms with Gasteiger partial charge in [-0.1, -0.05) is 18.6 Å². The van der Waals surface area contributed by atoms with Gasteiger partial charge in [0.15, 0.2) is 5.82 Å². The summed E-state index contributed by atoms with van der Waals surface area (Å²) in [4.78, 5) is 33.1. The van der Waals surface area contributed by atoms with Gasteiger partial charge in [0, 0.05) is 29.6 Å². The summed E-state index contributed by atoms with van der Waals surface area (Å²) in [5, 5.41) is 3.17. The first kappa shape index (κ1) is 27.3. The van der Waals surface area contributed by atoms with E-state index in [1.807, 2.05) is 20.8 Å². The number of benzene rings is 1. The van der Waals surface area contributed by atoms with Crippen molar-refractivity contribution in [3.05, 3.63) is 70.5 Å². The topological polar surface area (TPSA) is 86.1 Å². The lowest BCUT2D eigenvalue weighted by Gasteiger charge is -2.30. The Morgan fingerprint density at radius 3 is 2.61 bits per heavy atom. The number of carbonyl (C=O) groups is 1. The standard InChI is InChI=1S/C27H28F4N4O3/c1-26(2,3)38-24(37)17-7-4-8-19(12-17)33-25-32-14-21(28)23(34-25)16-6-5-9-20(13-16)35-15-18(27(29,30)31)10-11-22(35)36/h5-6,9-11,13-15,17,19H,4,7-8,12H2,1-3H3,(H,32,33,34)/t17-,19+/m1/s1. The third-order valence-electron chi connectivity index (χ3n) is 6.13. The Bertz CT molecular complexity index is 1380. The van der Waals surface area contributed by atoms with Gasteiger partial charge in [-0.25, -0.2) is 14.4 Å². The molecule has 1 N–H and O–H groups in total. The highest BCUT2D eigenvalue weighted by Gasteiger charge is 2.32. The lowest BCUT2D eigenvalue weighted by Crippen LogP contribution is -2.35. The molecule has 0 amide bonds. The first-order chi connectivity index (χ1) is 17.8. The first-order valence-corrected chi connectivity index (χ1v) is 12.2. The molecule has 4 rings (SSSR count). The summed E-state index contributed by atoms with van der Waals surface area (Å²) < 4.78 is 60.7. The number of hydrogen-bond acceptors (Lipinski definition) is 6. The van der Waals surface area contributed by atoms with E-state index in [-0.39, 0.29) is 40.8 Å². The fourth-order valence-electron chi connectivity index (χ4n) is 4.40. The molecule has 0 spiro atoms. The van der Waals surface area contributed by atoms with Gasteiger partial charge >= 0.3 is 12.1 Å². The number of halogens is 4. The Balaban J connectivity index is 1.57. The van der Waals surface area contributed by atoms with Crippen molar-refractivity contribution in [3.8, 4) is 16.9 Å². The molecule has 1 fully saturated rings. The van der Waals surface area contributed by atoms with Crippen LogP contribution in [0.25, 0.3) is 16.9 Å². The maximum Gasteiger partial charge on any atom is 0.417 e. The van der Waals surface area contributed by atoms with Crippen LogP contribution in [-0.4, -0.2) is 32.1 Å². The highest BCUT2D eigenvalue weighted by Crippen LogP contribution is 2.31. The summed E-state index contributed by atoms with van der Waals surface area (Å²) in [5.74, 6) is -1.12. The highest BCUT2D eigenvalue weighted by atomic mass is 19.4. The maximum atomic E-state index is 14.8. The van der Waals surface area contributed by atoms with Gasteiger partial charge in [0.2, 0.25) is 5.95 Å². The lowest BCUT2D eigenvalue weighted by molar-refractivity contribution is -0.161. The van der Waals surface area contributed by atoms with E-state index in [9.17, 15) is 27.2 Å². The zero-order valence-electron chi connectivity index (χ0n) is 21.2. The normalized spacial score (nSPS) is 18.2. The quantitative estimate of drug-likeness (QED) is 0.332. The molecule has 11 heteroatoms. The Morgan fingerprint density at radius 1 is 1.13 bits per heavy atom. The molecule has 38 heavy (non-hydrogen) atoms. The van der Waals surface area contributed by atoms with Gasteiger partial charge in [-0.15, -0.1) is 0 Å². The summed E-state index contributed by atoms with van der Waals surface area (Å²) in [6.07, 6.45) is -0.138. The van der Waals surface area contributed by atoms with Crippen LogP contribution in [0.15, 0.2) is 53.6 Å². The van der Waals surface area contributed by atoms with Gasteiger partial charge in [0.05, 0.1) is 17.7 Å². The molecule has 2 heterocycles. The molecule has 1 aromatic carbocycles. The van der Waals surface area contributed by atoms with Crippen LogP contribution in [0.3, 0.4) is 0 Å². The number of anilines is 1. The summed E-state index contributed by atoms with van der Waals surface area (Å²) in [6.45, 7) is 5.45. The molecule has 1 aliphatic rings. The molecular weight excluding hydrogens is 504 g/mol. The minimum Gasteiger partial charge on any atom is -0.460 e. The number of ether oxygens (including phenoxy) is 1. The fourth-order valence-corrected chi connectivity index (χ4v) is 4.40. The zero-order chi connectivity index (χ0) is 27.7. The largest absolute Gasteiger partial charge is 0.460 e. The summed E-state index contributed by atoms with van der Waals surface area (Å²) in [6, 6.07) is 7.28. The van der Waals surface area contributed by atoms with Crippen LogP contribution in [-0.2, 0) is 15.7 Å². The molecule has 0 radical (unpaired) electrons. The van der Waals surface area contributed by atoms with E-state index in [0.29, 0.717) is 25.1 Å². The van der Waals surface area contributed by atoms with E-state index >= 15 is 0 Å². The molecular formula is C27H28F4N4O3. The molecule has 2 atom stereocenters. The highest BCUT2D eigenvalue weighted by molar-refractivity contribution is 5.73. The predicted octanol–water partition coefficient (Wildman–Crippen LogP) is 5.76. The van der Waals surface area contributed by atoms with Crippen LogP contribution in [0.2, 0.25) is 0 Å². The molecule has 202 valence electrons. The van der Waals surface area contributed by atoms with Crippen molar-refractivity contribution in [2.75, 3.05) is 5.32 Å². The van der Waals surface area contributed by atoms with E-state index in [0.717, 1.165) is 29.7 Å². The number of carbonyl (C=O) groups excluding carboxylic acids is 1. The van der Waals surface area contributed by atoms with Gasteiger partial charge in [0.25, 0.3) is 5.56 Å². The number of nitrogens with zero attached hydrogens (tertiary/aromatic N) is 3. The van der Waals surface area contributed by atoms with Crippen molar-refractivity contribution < 1.29 is 27.1 Å². The van der Waals surface area contributed by atoms with Gasteiger partial charge in [-0.05, 0) is 58.2 Å².